The van der Waals surface area contributed by atoms with Crippen LogP contribution in [0.4, 0.5) is 0 Å². The van der Waals surface area contributed by atoms with E-state index in [0.29, 0.717) is 17.5 Å². The van der Waals surface area contributed by atoms with Crippen molar-refractivity contribution in [1.29, 1.82) is 0 Å². The molecular weight excluding hydrogens is 685 g/mol. The molecule has 3 aromatic heterocycles. The van der Waals surface area contributed by atoms with Gasteiger partial charge in [0, 0.05) is 49.5 Å². The molecule has 0 amide bonds. The second-order valence-electron chi connectivity index (χ2n) is 14.7. The molecule has 11 aromatic rings. The van der Waals surface area contributed by atoms with Crippen molar-refractivity contribution in [2.75, 3.05) is 0 Å². The highest BCUT2D eigenvalue weighted by Gasteiger charge is 2.23. The number of allylic oxidation sites excluding steroid dienone is 1. The van der Waals surface area contributed by atoms with Crippen LogP contribution in [0.2, 0.25) is 0 Å². The van der Waals surface area contributed by atoms with Gasteiger partial charge in [0.05, 0.1) is 11.2 Å². The molecule has 56 heavy (non-hydrogen) atoms. The monoisotopic (exact) mass is 716 g/mol. The standard InChI is InChI=1S/C51H32N4O/c1-3-13-34-28-36(22-20-31(34)10-1)49-52-50(37-23-21-32-11-2-4-14-35(32)29-37)54-51(53-49)38-25-26-41-43-17-9-19-45(48(43)56-46(41)30-38)55-44-18-8-7-16-40(44)42-27-24-33-12-5-6-15-39(33)47(42)55/h1-7,9-17,19-30H,8,18H2. The molecule has 12 rings (SSSR count). The van der Waals surface area contributed by atoms with Crippen LogP contribution in [0, 0.1) is 0 Å². The molecule has 0 aliphatic heterocycles. The third-order valence-electron chi connectivity index (χ3n) is 11.5. The molecule has 0 N–H and O–H groups in total. The Balaban J connectivity index is 1.06. The summed E-state index contributed by atoms with van der Waals surface area (Å²) in [6.45, 7) is 0. The zero-order valence-electron chi connectivity index (χ0n) is 30.3. The lowest BCUT2D eigenvalue weighted by molar-refractivity contribution is 0.665. The molecule has 0 saturated carbocycles. The van der Waals surface area contributed by atoms with Crippen LogP contribution in [0.1, 0.15) is 17.7 Å². The largest absolute Gasteiger partial charge is 0.454 e. The van der Waals surface area contributed by atoms with E-state index in [-0.39, 0.29) is 0 Å². The highest BCUT2D eigenvalue weighted by molar-refractivity contribution is 6.13. The molecule has 0 unspecified atom stereocenters. The van der Waals surface area contributed by atoms with Gasteiger partial charge < -0.3 is 8.98 Å². The molecule has 0 saturated heterocycles. The summed E-state index contributed by atoms with van der Waals surface area (Å²) in [5, 5.41) is 10.5. The molecule has 0 radical (unpaired) electrons. The maximum atomic E-state index is 6.94. The first-order valence-electron chi connectivity index (χ1n) is 19.2. The Morgan fingerprint density at radius 1 is 0.464 bits per heavy atom. The molecule has 8 aromatic carbocycles. The molecule has 262 valence electrons. The number of hydrogen-bond acceptors (Lipinski definition) is 4. The lowest BCUT2D eigenvalue weighted by atomic mass is 10.0. The van der Waals surface area contributed by atoms with Gasteiger partial charge in [-0.2, -0.15) is 0 Å². The van der Waals surface area contributed by atoms with E-state index < -0.39 is 0 Å². The normalized spacial score (nSPS) is 12.8. The molecule has 0 bridgehead atoms. The maximum absolute atomic E-state index is 6.94. The van der Waals surface area contributed by atoms with Crippen molar-refractivity contribution < 1.29 is 4.42 Å². The summed E-state index contributed by atoms with van der Waals surface area (Å²) >= 11 is 0. The lowest BCUT2D eigenvalue weighted by Gasteiger charge is -2.14. The van der Waals surface area contributed by atoms with Gasteiger partial charge in [0.1, 0.15) is 5.58 Å². The maximum Gasteiger partial charge on any atom is 0.164 e. The molecule has 5 nitrogen and oxygen atoms in total. The van der Waals surface area contributed by atoms with Gasteiger partial charge in [-0.3, -0.25) is 0 Å². The Kier molecular flexibility index (Phi) is 6.69. The van der Waals surface area contributed by atoms with E-state index in [1.807, 2.05) is 0 Å². The third kappa shape index (κ3) is 4.77. The van der Waals surface area contributed by atoms with E-state index in [9.17, 15) is 0 Å². The van der Waals surface area contributed by atoms with Crippen LogP contribution in [0.5, 0.6) is 0 Å². The predicted molar refractivity (Wildman–Crippen MR) is 230 cm³/mol. The molecule has 3 heterocycles. The molecule has 0 atom stereocenters. The van der Waals surface area contributed by atoms with Gasteiger partial charge in [-0.25, -0.2) is 15.0 Å². The van der Waals surface area contributed by atoms with E-state index in [1.54, 1.807) is 0 Å². The predicted octanol–water partition coefficient (Wildman–Crippen LogP) is 13.1. The van der Waals surface area contributed by atoms with Crippen molar-refractivity contribution in [3.8, 4) is 39.9 Å². The molecule has 1 aliphatic rings. The zero-order chi connectivity index (χ0) is 36.7. The first kappa shape index (κ1) is 31.0. The summed E-state index contributed by atoms with van der Waals surface area (Å²) in [6.07, 6.45) is 6.57. The Morgan fingerprint density at radius 3 is 1.75 bits per heavy atom. The molecule has 0 spiro atoms. The van der Waals surface area contributed by atoms with Crippen molar-refractivity contribution in [2.24, 2.45) is 0 Å². The fourth-order valence-electron chi connectivity index (χ4n) is 8.76. The van der Waals surface area contributed by atoms with Gasteiger partial charge >= 0.3 is 0 Å². The van der Waals surface area contributed by atoms with E-state index in [4.69, 9.17) is 19.4 Å². The minimum atomic E-state index is 0.595. The fraction of sp³-hybridized carbons (Fsp3) is 0.0392. The summed E-state index contributed by atoms with van der Waals surface area (Å²) in [4.78, 5) is 15.3. The van der Waals surface area contributed by atoms with Gasteiger partial charge in [-0.1, -0.05) is 140 Å². The van der Waals surface area contributed by atoms with Crippen LogP contribution >= 0.6 is 0 Å². The van der Waals surface area contributed by atoms with Crippen molar-refractivity contribution in [1.82, 2.24) is 19.5 Å². The van der Waals surface area contributed by atoms with Gasteiger partial charge in [0.15, 0.2) is 23.1 Å². The summed E-state index contributed by atoms with van der Waals surface area (Å²) in [6, 6.07) is 55.6. The van der Waals surface area contributed by atoms with Gasteiger partial charge in [0.25, 0.3) is 0 Å². The average molecular weight is 717 g/mol. The highest BCUT2D eigenvalue weighted by Crippen LogP contribution is 2.42. The van der Waals surface area contributed by atoms with Crippen LogP contribution in [0.15, 0.2) is 168 Å². The number of hydrogen-bond donors (Lipinski definition) is 0. The van der Waals surface area contributed by atoms with Gasteiger partial charge in [-0.15, -0.1) is 0 Å². The van der Waals surface area contributed by atoms with E-state index in [1.165, 1.54) is 43.7 Å². The van der Waals surface area contributed by atoms with Crippen LogP contribution < -0.4 is 0 Å². The van der Waals surface area contributed by atoms with E-state index >= 15 is 0 Å². The van der Waals surface area contributed by atoms with E-state index in [2.05, 4.69) is 174 Å². The summed E-state index contributed by atoms with van der Waals surface area (Å²) in [7, 11) is 0. The van der Waals surface area contributed by atoms with Crippen LogP contribution in [0.25, 0.3) is 111 Å². The van der Waals surface area contributed by atoms with Crippen LogP contribution in [0.3, 0.4) is 0 Å². The SMILES string of the molecule is C1=Cc2c(n(-c3cccc4c3oc3cc(-c5nc(-c6ccc7ccccc7c6)nc(-c6ccc7ccccc7c6)n5)ccc34)c3c2ccc2ccccc23)CC1. The summed E-state index contributed by atoms with van der Waals surface area (Å²) in [5.74, 6) is 1.85. The number of rotatable bonds is 4. The minimum Gasteiger partial charge on any atom is -0.454 e. The van der Waals surface area contributed by atoms with Crippen LogP contribution in [-0.4, -0.2) is 19.5 Å². The Hall–Kier alpha value is -7.37. The smallest absolute Gasteiger partial charge is 0.164 e. The summed E-state index contributed by atoms with van der Waals surface area (Å²) in [5.41, 5.74) is 9.29. The Bertz CT molecular complexity index is 3340. The Morgan fingerprint density at radius 2 is 1.04 bits per heavy atom. The number of fused-ring (bicyclic) bond motifs is 10. The fourth-order valence-corrected chi connectivity index (χ4v) is 8.76. The van der Waals surface area contributed by atoms with Crippen molar-refractivity contribution in [2.45, 2.75) is 12.8 Å². The van der Waals surface area contributed by atoms with Gasteiger partial charge in [-0.05, 0) is 70.1 Å². The average Bonchev–Trinajstić information content (AvgIpc) is 3.82. The number of benzene rings is 8. The topological polar surface area (TPSA) is 56.7 Å². The second kappa shape index (κ2) is 12.1. The number of furan rings is 1. The number of nitrogens with zero attached hydrogens (tertiary/aromatic N) is 4. The van der Waals surface area contributed by atoms with E-state index in [0.717, 1.165) is 67.9 Å². The molecule has 1 aliphatic carbocycles. The second-order valence-corrected chi connectivity index (χ2v) is 14.7. The van der Waals surface area contributed by atoms with Crippen molar-refractivity contribution >= 4 is 71.2 Å². The minimum absolute atomic E-state index is 0.595. The highest BCUT2D eigenvalue weighted by atomic mass is 16.3. The molecular formula is C51H32N4O. The number of para-hydroxylation sites is 1. The first-order chi connectivity index (χ1) is 27.7. The van der Waals surface area contributed by atoms with Crippen molar-refractivity contribution in [3.63, 3.8) is 0 Å². The Labute approximate surface area is 321 Å². The van der Waals surface area contributed by atoms with Gasteiger partial charge in [0.2, 0.25) is 0 Å². The third-order valence-corrected chi connectivity index (χ3v) is 11.5. The van der Waals surface area contributed by atoms with Crippen LogP contribution in [-0.2, 0) is 6.42 Å². The zero-order valence-corrected chi connectivity index (χ0v) is 30.3. The number of aromatic nitrogens is 4. The first-order valence-corrected chi connectivity index (χ1v) is 19.2. The van der Waals surface area contributed by atoms with Crippen molar-refractivity contribution in [3.05, 3.63) is 175 Å². The quantitative estimate of drug-likeness (QED) is 0.182. The molecule has 5 heteroatoms. The lowest BCUT2D eigenvalue weighted by Crippen LogP contribution is -2.03. The summed E-state index contributed by atoms with van der Waals surface area (Å²) < 4.78 is 9.40. The molecule has 0 fully saturated rings.